The molecule has 0 amide bonds. The molecule has 0 unspecified atom stereocenters. The first kappa shape index (κ1) is 9.59. The first-order valence-electron chi connectivity index (χ1n) is 5.55. The van der Waals surface area contributed by atoms with Gasteiger partial charge in [-0.2, -0.15) is 0 Å². The van der Waals surface area contributed by atoms with E-state index in [0.717, 1.165) is 30.9 Å². The summed E-state index contributed by atoms with van der Waals surface area (Å²) in [7, 11) is 0. The maximum absolute atomic E-state index is 9.56. The number of imidazole rings is 2. The van der Waals surface area contributed by atoms with Gasteiger partial charge in [0.1, 0.15) is 0 Å². The van der Waals surface area contributed by atoms with Gasteiger partial charge in [-0.3, -0.25) is 0 Å². The van der Waals surface area contributed by atoms with Crippen molar-refractivity contribution in [3.8, 4) is 11.6 Å². The molecule has 1 aliphatic rings. The summed E-state index contributed by atoms with van der Waals surface area (Å²) in [6.07, 6.45) is 9.77. The molecular formula is C11H14N4O. The van der Waals surface area contributed by atoms with Crippen LogP contribution >= 0.6 is 0 Å². The molecule has 2 N–H and O–H groups in total. The Morgan fingerprint density at radius 3 is 2.94 bits per heavy atom. The Bertz CT molecular complexity index is 462. The quantitative estimate of drug-likeness (QED) is 0.799. The average molecular weight is 218 g/mol. The Morgan fingerprint density at radius 1 is 1.31 bits per heavy atom. The van der Waals surface area contributed by atoms with Crippen LogP contribution in [0, 0.1) is 0 Å². The fourth-order valence-electron chi connectivity index (χ4n) is 2.37. The van der Waals surface area contributed by atoms with Crippen LogP contribution in [0.4, 0.5) is 0 Å². The van der Waals surface area contributed by atoms with Gasteiger partial charge in [0.05, 0.1) is 6.10 Å². The molecule has 0 aliphatic heterocycles. The van der Waals surface area contributed by atoms with Crippen LogP contribution in [0.1, 0.15) is 25.3 Å². The highest BCUT2D eigenvalue weighted by atomic mass is 16.3. The highest BCUT2D eigenvalue weighted by Crippen LogP contribution is 2.32. The van der Waals surface area contributed by atoms with Crippen LogP contribution in [0.15, 0.2) is 24.8 Å². The molecule has 0 radical (unpaired) electrons. The Labute approximate surface area is 93.2 Å². The van der Waals surface area contributed by atoms with E-state index in [-0.39, 0.29) is 6.10 Å². The number of aliphatic hydroxyl groups excluding tert-OH is 1. The molecule has 0 spiro atoms. The number of nitrogens with zero attached hydrogens (tertiary/aromatic N) is 3. The van der Waals surface area contributed by atoms with Crippen molar-refractivity contribution in [2.75, 3.05) is 0 Å². The van der Waals surface area contributed by atoms with E-state index < -0.39 is 0 Å². The van der Waals surface area contributed by atoms with E-state index in [0.29, 0.717) is 6.04 Å². The predicted octanol–water partition coefficient (Wildman–Crippen LogP) is 1.36. The summed E-state index contributed by atoms with van der Waals surface area (Å²) < 4.78 is 2.11. The zero-order valence-electron chi connectivity index (χ0n) is 8.87. The monoisotopic (exact) mass is 218 g/mol. The maximum Gasteiger partial charge on any atom is 0.176 e. The summed E-state index contributed by atoms with van der Waals surface area (Å²) in [5.74, 6) is 1.63. The average Bonchev–Trinajstić information content (AvgIpc) is 2.96. The normalized spacial score (nSPS) is 25.1. The summed E-state index contributed by atoms with van der Waals surface area (Å²) in [4.78, 5) is 11.6. The number of hydrogen-bond donors (Lipinski definition) is 2. The summed E-state index contributed by atoms with van der Waals surface area (Å²) >= 11 is 0. The van der Waals surface area contributed by atoms with Gasteiger partial charge in [-0.1, -0.05) is 0 Å². The van der Waals surface area contributed by atoms with Gasteiger partial charge in [-0.15, -0.1) is 0 Å². The highest BCUT2D eigenvalue weighted by Gasteiger charge is 2.26. The maximum atomic E-state index is 9.56. The molecule has 2 heterocycles. The van der Waals surface area contributed by atoms with Crippen molar-refractivity contribution < 1.29 is 5.11 Å². The van der Waals surface area contributed by atoms with Crippen LogP contribution in [0.25, 0.3) is 11.6 Å². The van der Waals surface area contributed by atoms with Gasteiger partial charge in [0.25, 0.3) is 0 Å². The second-order valence-corrected chi connectivity index (χ2v) is 4.22. The van der Waals surface area contributed by atoms with Crippen molar-refractivity contribution in [2.24, 2.45) is 0 Å². The summed E-state index contributed by atoms with van der Waals surface area (Å²) in [5.41, 5.74) is 0. The van der Waals surface area contributed by atoms with Gasteiger partial charge in [0, 0.05) is 30.8 Å². The van der Waals surface area contributed by atoms with Crippen molar-refractivity contribution in [3.63, 3.8) is 0 Å². The van der Waals surface area contributed by atoms with Crippen LogP contribution in [0.5, 0.6) is 0 Å². The highest BCUT2D eigenvalue weighted by molar-refractivity contribution is 5.43. The van der Waals surface area contributed by atoms with Crippen LogP contribution in [0.2, 0.25) is 0 Å². The topological polar surface area (TPSA) is 66.7 Å². The number of hydrogen-bond acceptors (Lipinski definition) is 3. The molecule has 2 aromatic rings. The largest absolute Gasteiger partial charge is 0.393 e. The van der Waals surface area contributed by atoms with Gasteiger partial charge in [0.2, 0.25) is 0 Å². The van der Waals surface area contributed by atoms with Gasteiger partial charge in [0.15, 0.2) is 11.6 Å². The Morgan fingerprint density at radius 2 is 2.25 bits per heavy atom. The summed E-state index contributed by atoms with van der Waals surface area (Å²) in [6, 6.07) is 0.345. The molecule has 1 aliphatic carbocycles. The summed E-state index contributed by atoms with van der Waals surface area (Å²) in [5, 5.41) is 9.56. The lowest BCUT2D eigenvalue weighted by molar-refractivity contribution is 0.178. The molecule has 3 rings (SSSR count). The lowest BCUT2D eigenvalue weighted by Gasteiger charge is -2.13. The number of rotatable bonds is 2. The molecule has 2 aromatic heterocycles. The van der Waals surface area contributed by atoms with Crippen molar-refractivity contribution in [2.45, 2.75) is 31.4 Å². The van der Waals surface area contributed by atoms with Gasteiger partial charge < -0.3 is 14.7 Å². The van der Waals surface area contributed by atoms with E-state index in [1.807, 2.05) is 6.20 Å². The van der Waals surface area contributed by atoms with Crippen molar-refractivity contribution in [1.82, 2.24) is 19.5 Å². The minimum absolute atomic E-state index is 0.170. The number of aromatic amines is 1. The third-order valence-corrected chi connectivity index (χ3v) is 3.15. The standard InChI is InChI=1S/C11H14N4O/c16-9-2-1-8(7-9)15-6-5-14-11(15)10-12-3-4-13-10/h3-6,8-9,16H,1-2,7H2,(H,12,13)/t8-,9+/m1/s1. The molecular weight excluding hydrogens is 204 g/mol. The molecule has 0 aromatic carbocycles. The molecule has 1 saturated carbocycles. The fraction of sp³-hybridized carbons (Fsp3) is 0.455. The second kappa shape index (κ2) is 3.75. The lowest BCUT2D eigenvalue weighted by atomic mass is 10.2. The predicted molar refractivity (Wildman–Crippen MR) is 58.7 cm³/mol. The first-order chi connectivity index (χ1) is 7.84. The third kappa shape index (κ3) is 1.53. The van der Waals surface area contributed by atoms with Crippen molar-refractivity contribution >= 4 is 0 Å². The van der Waals surface area contributed by atoms with E-state index in [9.17, 15) is 5.11 Å². The lowest BCUT2D eigenvalue weighted by Crippen LogP contribution is -2.08. The van der Waals surface area contributed by atoms with E-state index in [1.165, 1.54) is 0 Å². The van der Waals surface area contributed by atoms with Crippen LogP contribution in [-0.4, -0.2) is 30.7 Å². The Kier molecular flexibility index (Phi) is 2.25. The SMILES string of the molecule is O[C@H]1CC[C@@H](n2ccnc2-c2ncc[nH]2)C1. The first-order valence-corrected chi connectivity index (χ1v) is 5.55. The van der Waals surface area contributed by atoms with Crippen LogP contribution in [0.3, 0.4) is 0 Å². The molecule has 16 heavy (non-hydrogen) atoms. The minimum atomic E-state index is -0.170. The molecule has 1 fully saturated rings. The van der Waals surface area contributed by atoms with E-state index >= 15 is 0 Å². The second-order valence-electron chi connectivity index (χ2n) is 4.22. The van der Waals surface area contributed by atoms with Crippen molar-refractivity contribution in [1.29, 1.82) is 0 Å². The fourth-order valence-corrected chi connectivity index (χ4v) is 2.37. The van der Waals surface area contributed by atoms with E-state index in [1.54, 1.807) is 18.6 Å². The van der Waals surface area contributed by atoms with E-state index in [4.69, 9.17) is 0 Å². The number of aliphatic hydroxyl groups is 1. The Hall–Kier alpha value is -1.62. The Balaban J connectivity index is 1.94. The molecule has 5 nitrogen and oxygen atoms in total. The molecule has 84 valence electrons. The molecule has 5 heteroatoms. The van der Waals surface area contributed by atoms with Crippen molar-refractivity contribution in [3.05, 3.63) is 24.8 Å². The summed E-state index contributed by atoms with van der Waals surface area (Å²) in [6.45, 7) is 0. The number of H-pyrrole nitrogens is 1. The third-order valence-electron chi connectivity index (χ3n) is 3.15. The zero-order valence-corrected chi connectivity index (χ0v) is 8.87. The van der Waals surface area contributed by atoms with Gasteiger partial charge in [-0.25, -0.2) is 9.97 Å². The van der Waals surface area contributed by atoms with Gasteiger partial charge in [-0.05, 0) is 19.3 Å². The zero-order chi connectivity index (χ0) is 11.0. The van der Waals surface area contributed by atoms with E-state index in [2.05, 4.69) is 19.5 Å². The molecule has 2 atom stereocenters. The smallest absolute Gasteiger partial charge is 0.176 e. The number of aromatic nitrogens is 4. The van der Waals surface area contributed by atoms with Crippen LogP contribution < -0.4 is 0 Å². The minimum Gasteiger partial charge on any atom is -0.393 e. The van der Waals surface area contributed by atoms with Gasteiger partial charge >= 0.3 is 0 Å². The number of nitrogens with one attached hydrogen (secondary N) is 1. The van der Waals surface area contributed by atoms with Crippen LogP contribution in [-0.2, 0) is 0 Å². The molecule has 0 saturated heterocycles. The molecule has 0 bridgehead atoms.